The van der Waals surface area contributed by atoms with Gasteiger partial charge in [-0.3, -0.25) is 14.8 Å². The Kier molecular flexibility index (Phi) is 11.5. The van der Waals surface area contributed by atoms with Gasteiger partial charge in [0, 0.05) is 56.0 Å². The lowest BCUT2D eigenvalue weighted by atomic mass is 9.93. The molecule has 2 unspecified atom stereocenters. The molecule has 1 aliphatic rings. The van der Waals surface area contributed by atoms with E-state index in [0.29, 0.717) is 54.6 Å². The largest absolute Gasteiger partial charge is 0.488 e. The lowest BCUT2D eigenvalue weighted by Gasteiger charge is -2.26. The summed E-state index contributed by atoms with van der Waals surface area (Å²) in [6, 6.07) is 16.1. The Hall–Kier alpha value is -4.97. The second-order valence-corrected chi connectivity index (χ2v) is 12.1. The van der Waals surface area contributed by atoms with Crippen molar-refractivity contribution in [3.8, 4) is 22.6 Å². The Labute approximate surface area is 289 Å². The lowest BCUT2D eigenvalue weighted by molar-refractivity contribution is -0.124. The second-order valence-electron chi connectivity index (χ2n) is 11.7. The van der Waals surface area contributed by atoms with Crippen LogP contribution in [0.3, 0.4) is 0 Å². The van der Waals surface area contributed by atoms with E-state index in [1.54, 1.807) is 14.1 Å². The van der Waals surface area contributed by atoms with Crippen LogP contribution in [0, 0.1) is 11.6 Å². The molecule has 1 aliphatic heterocycles. The molecule has 49 heavy (non-hydrogen) atoms. The van der Waals surface area contributed by atoms with Gasteiger partial charge in [-0.2, -0.15) is 5.10 Å². The van der Waals surface area contributed by atoms with E-state index >= 15 is 0 Å². The number of nitrogens with zero attached hydrogens (tertiary/aromatic N) is 5. The number of rotatable bonds is 12. The number of alkyl halides is 1. The normalized spacial score (nSPS) is 16.7. The molecule has 0 aliphatic carbocycles. The Morgan fingerprint density at radius 1 is 1.10 bits per heavy atom. The number of carbonyl (C=O) groups is 1. The average molecular weight is 691 g/mol. The molecule has 2 heterocycles. The number of aliphatic imine (C=N–C) groups is 2. The summed E-state index contributed by atoms with van der Waals surface area (Å²) in [4.78, 5) is 24.4. The number of benzene rings is 3. The van der Waals surface area contributed by atoms with Gasteiger partial charge in [0.15, 0.2) is 5.82 Å². The van der Waals surface area contributed by atoms with Gasteiger partial charge < -0.3 is 26.4 Å². The number of halogens is 3. The van der Waals surface area contributed by atoms with E-state index in [1.165, 1.54) is 16.9 Å². The number of nitrogen functional groups attached to an aromatic ring is 2. The zero-order valence-corrected chi connectivity index (χ0v) is 28.6. The molecule has 258 valence electrons. The van der Waals surface area contributed by atoms with Gasteiger partial charge in [-0.1, -0.05) is 37.6 Å². The fourth-order valence-electron chi connectivity index (χ4n) is 6.19. The number of ether oxygens (including phenoxy) is 1. The summed E-state index contributed by atoms with van der Waals surface area (Å²) in [6.07, 6.45) is 3.73. The van der Waals surface area contributed by atoms with Crippen molar-refractivity contribution < 1.29 is 18.3 Å². The molecule has 2 atom stereocenters. The van der Waals surface area contributed by atoms with E-state index in [-0.39, 0.29) is 17.4 Å². The zero-order chi connectivity index (χ0) is 35.1. The van der Waals surface area contributed by atoms with Crippen LogP contribution in [-0.4, -0.2) is 77.3 Å². The highest BCUT2D eigenvalue weighted by molar-refractivity contribution is 6.17. The Bertz CT molecular complexity index is 1860. The van der Waals surface area contributed by atoms with Crippen molar-refractivity contribution in [2.75, 3.05) is 44.5 Å². The van der Waals surface area contributed by atoms with E-state index in [1.807, 2.05) is 47.4 Å². The quantitative estimate of drug-likeness (QED) is 0.0562. The predicted molar refractivity (Wildman–Crippen MR) is 192 cm³/mol. The first-order chi connectivity index (χ1) is 23.7. The molecule has 4 aromatic rings. The number of amidine groups is 1. The summed E-state index contributed by atoms with van der Waals surface area (Å²) in [6.45, 7) is 2.81. The fraction of sp³-hybridized carbons (Fsp3) is 0.333. The first-order valence-electron chi connectivity index (χ1n) is 16.2. The number of carbonyl (C=O) groups excluding carboxylic acids is 1. The highest BCUT2D eigenvalue weighted by atomic mass is 35.5. The van der Waals surface area contributed by atoms with Crippen molar-refractivity contribution in [1.82, 2.24) is 20.0 Å². The molecular formula is C36H41ClF2N8O2. The van der Waals surface area contributed by atoms with E-state index in [2.05, 4.69) is 27.3 Å². The van der Waals surface area contributed by atoms with Crippen LogP contribution in [0.25, 0.3) is 16.8 Å². The summed E-state index contributed by atoms with van der Waals surface area (Å²) < 4.78 is 36.0. The standard InChI is InChI=1S/C36H41ClF2N8O2/c1-4-8-30(42-2)33-26(11-6-12-29(33)40)22-9-5-10-24(17-22)49-25-19-32(36(48)44-16-7-15-37)46(21-25)35(43-3)27-20-45-47(34(27)41)31-14-13-23(38)18-28(31)39/h5-6,9-14,17-18,20,25,32H,4,7-8,15-16,19,21,40-41H2,1-3H3,(H,44,48). The summed E-state index contributed by atoms with van der Waals surface area (Å²) in [5, 5.41) is 7.24. The molecule has 0 bridgehead atoms. The van der Waals surface area contributed by atoms with Crippen molar-refractivity contribution in [3.05, 3.63) is 89.6 Å². The number of hydrogen-bond acceptors (Lipinski definition) is 7. The van der Waals surface area contributed by atoms with Crippen LogP contribution in [0.4, 0.5) is 20.3 Å². The van der Waals surface area contributed by atoms with E-state index < -0.39 is 23.8 Å². The molecule has 13 heteroatoms. The van der Waals surface area contributed by atoms with Gasteiger partial charge in [-0.25, -0.2) is 13.5 Å². The maximum absolute atomic E-state index is 14.7. The van der Waals surface area contributed by atoms with Crippen molar-refractivity contribution in [1.29, 1.82) is 0 Å². The van der Waals surface area contributed by atoms with Gasteiger partial charge in [-0.05, 0) is 54.3 Å². The molecule has 5 rings (SSSR count). The van der Waals surface area contributed by atoms with E-state index in [9.17, 15) is 13.6 Å². The zero-order valence-electron chi connectivity index (χ0n) is 27.8. The van der Waals surface area contributed by atoms with Gasteiger partial charge >= 0.3 is 0 Å². The molecule has 0 saturated carbocycles. The van der Waals surface area contributed by atoms with Crippen molar-refractivity contribution in [2.24, 2.45) is 9.98 Å². The van der Waals surface area contributed by atoms with Crippen LogP contribution in [0.1, 0.15) is 43.7 Å². The Morgan fingerprint density at radius 2 is 1.90 bits per heavy atom. The molecule has 3 aromatic carbocycles. The molecule has 0 spiro atoms. The molecule has 1 amide bonds. The molecule has 10 nitrogen and oxygen atoms in total. The first kappa shape index (κ1) is 35.3. The summed E-state index contributed by atoms with van der Waals surface area (Å²) in [7, 11) is 3.36. The third-order valence-corrected chi connectivity index (χ3v) is 8.70. The van der Waals surface area contributed by atoms with Crippen molar-refractivity contribution in [2.45, 2.75) is 44.8 Å². The molecule has 1 fully saturated rings. The van der Waals surface area contributed by atoms with Crippen molar-refractivity contribution >= 4 is 40.6 Å². The monoisotopic (exact) mass is 690 g/mol. The number of aromatic nitrogens is 2. The summed E-state index contributed by atoms with van der Waals surface area (Å²) >= 11 is 5.86. The van der Waals surface area contributed by atoms with Gasteiger partial charge in [0.2, 0.25) is 5.91 Å². The van der Waals surface area contributed by atoms with Gasteiger partial charge in [0.25, 0.3) is 0 Å². The van der Waals surface area contributed by atoms with Crippen LogP contribution >= 0.6 is 11.6 Å². The number of likely N-dealkylation sites (tertiary alicyclic amines) is 1. The average Bonchev–Trinajstić information content (AvgIpc) is 3.68. The predicted octanol–water partition coefficient (Wildman–Crippen LogP) is 5.84. The van der Waals surface area contributed by atoms with Gasteiger partial charge in [-0.15, -0.1) is 11.6 Å². The highest BCUT2D eigenvalue weighted by Gasteiger charge is 2.41. The number of amides is 1. The minimum absolute atomic E-state index is 0.0196. The third-order valence-electron chi connectivity index (χ3n) is 8.43. The van der Waals surface area contributed by atoms with Gasteiger partial charge in [0.1, 0.15) is 41.1 Å². The Balaban J connectivity index is 1.45. The first-order valence-corrected chi connectivity index (χ1v) is 16.7. The van der Waals surface area contributed by atoms with Crippen LogP contribution in [0.15, 0.2) is 76.8 Å². The maximum Gasteiger partial charge on any atom is 0.242 e. The summed E-state index contributed by atoms with van der Waals surface area (Å²) in [5.74, 6) is -0.252. The topological polar surface area (TPSA) is 136 Å². The van der Waals surface area contributed by atoms with Crippen LogP contribution < -0.4 is 21.5 Å². The van der Waals surface area contributed by atoms with Crippen LogP contribution in [0.2, 0.25) is 0 Å². The van der Waals surface area contributed by atoms with E-state index in [0.717, 1.165) is 47.4 Å². The summed E-state index contributed by atoms with van der Waals surface area (Å²) in [5.41, 5.74) is 17.7. The lowest BCUT2D eigenvalue weighted by Crippen LogP contribution is -2.46. The maximum atomic E-state index is 14.7. The smallest absolute Gasteiger partial charge is 0.242 e. The molecule has 0 radical (unpaired) electrons. The highest BCUT2D eigenvalue weighted by Crippen LogP contribution is 2.34. The number of nitrogens with one attached hydrogen (secondary N) is 1. The third kappa shape index (κ3) is 7.69. The molecule has 1 aromatic heterocycles. The van der Waals surface area contributed by atoms with E-state index in [4.69, 9.17) is 27.8 Å². The number of hydrogen-bond donors (Lipinski definition) is 3. The molecular weight excluding hydrogens is 650 g/mol. The molecule has 1 saturated heterocycles. The SMILES string of the molecule is CCCC(=NC)c1c(N)cccc1-c1cccc(OC2CC(C(=O)NCCCCl)N(C(=NC)c3cnn(-c4ccc(F)cc4F)c3N)C2)c1. The van der Waals surface area contributed by atoms with Crippen molar-refractivity contribution in [3.63, 3.8) is 0 Å². The number of nitrogens with two attached hydrogens (primary N) is 2. The van der Waals surface area contributed by atoms with Gasteiger partial charge in [0.05, 0.1) is 18.3 Å². The fourth-order valence-corrected chi connectivity index (χ4v) is 6.32. The minimum Gasteiger partial charge on any atom is -0.488 e. The van der Waals surface area contributed by atoms with Crippen LogP contribution in [-0.2, 0) is 4.79 Å². The van der Waals surface area contributed by atoms with Crippen LogP contribution in [0.5, 0.6) is 5.75 Å². The second kappa shape index (κ2) is 16.0. The number of anilines is 2. The Morgan fingerprint density at radius 3 is 2.61 bits per heavy atom. The molecule has 5 N–H and O–H groups in total. The minimum atomic E-state index is -0.821.